The van der Waals surface area contributed by atoms with E-state index < -0.39 is 10.1 Å². The maximum absolute atomic E-state index is 11.4. The quantitative estimate of drug-likeness (QED) is 0.798. The molecule has 1 aromatic rings. The van der Waals surface area contributed by atoms with Crippen molar-refractivity contribution in [2.75, 3.05) is 0 Å². The number of fused-ring (bicyclic) bond motifs is 2. The number of para-hydroxylation sites is 1. The minimum Gasteiger partial charge on any atom is -0.282 e. The van der Waals surface area contributed by atoms with Crippen molar-refractivity contribution in [3.63, 3.8) is 0 Å². The molecule has 4 nitrogen and oxygen atoms in total. The standard InChI is InChI=1S/C15H15NO3S/c1-9-7-11-10-5-4-6-13(20(17,18)19)14(10)16-12(11)8-15(9,2)3/h4-8H,1-3H3,(H,17,18,19). The summed E-state index contributed by atoms with van der Waals surface area (Å²) in [6, 6.07) is 4.82. The Bertz CT molecular complexity index is 903. The normalized spacial score (nSPS) is 19.7. The molecule has 2 aliphatic rings. The van der Waals surface area contributed by atoms with Gasteiger partial charge >= 0.3 is 0 Å². The molecule has 0 spiro atoms. The largest absolute Gasteiger partial charge is 0.296 e. The second-order valence-electron chi connectivity index (χ2n) is 5.73. The van der Waals surface area contributed by atoms with E-state index in [1.165, 1.54) is 11.6 Å². The number of allylic oxidation sites excluding steroid dienone is 3. The molecule has 0 saturated carbocycles. The van der Waals surface area contributed by atoms with E-state index >= 15 is 0 Å². The van der Waals surface area contributed by atoms with E-state index in [0.29, 0.717) is 5.36 Å². The van der Waals surface area contributed by atoms with Crippen LogP contribution < -0.4 is 10.6 Å². The molecular weight excluding hydrogens is 274 g/mol. The molecule has 0 radical (unpaired) electrons. The van der Waals surface area contributed by atoms with Gasteiger partial charge in [0, 0.05) is 16.2 Å². The Morgan fingerprint density at radius 1 is 1.25 bits per heavy atom. The van der Waals surface area contributed by atoms with Crippen LogP contribution in [-0.4, -0.2) is 13.0 Å². The maximum Gasteiger partial charge on any atom is 0.296 e. The van der Waals surface area contributed by atoms with Crippen LogP contribution in [0, 0.1) is 5.41 Å². The molecule has 0 amide bonds. The Hall–Kier alpha value is -1.72. The molecule has 1 heterocycles. The number of hydrogen-bond donors (Lipinski definition) is 1. The molecule has 0 saturated heterocycles. The predicted molar refractivity (Wildman–Crippen MR) is 76.1 cm³/mol. The summed E-state index contributed by atoms with van der Waals surface area (Å²) in [5.74, 6) is 0. The van der Waals surface area contributed by atoms with Crippen LogP contribution >= 0.6 is 0 Å². The van der Waals surface area contributed by atoms with Crippen molar-refractivity contribution in [1.29, 1.82) is 0 Å². The molecule has 20 heavy (non-hydrogen) atoms. The fraction of sp³-hybridized carbons (Fsp3) is 0.267. The highest BCUT2D eigenvalue weighted by Gasteiger charge is 2.27. The summed E-state index contributed by atoms with van der Waals surface area (Å²) in [6.07, 6.45) is 4.07. The van der Waals surface area contributed by atoms with Gasteiger partial charge in [-0.05, 0) is 19.1 Å². The van der Waals surface area contributed by atoms with Gasteiger partial charge in [-0.1, -0.05) is 37.6 Å². The maximum atomic E-state index is 11.4. The van der Waals surface area contributed by atoms with Gasteiger partial charge in [0.15, 0.2) is 0 Å². The molecule has 104 valence electrons. The van der Waals surface area contributed by atoms with Crippen LogP contribution in [0.1, 0.15) is 20.8 Å². The molecule has 1 N–H and O–H groups in total. The highest BCUT2D eigenvalue weighted by atomic mass is 32.2. The zero-order valence-electron chi connectivity index (χ0n) is 11.5. The fourth-order valence-corrected chi connectivity index (χ4v) is 3.15. The summed E-state index contributed by atoms with van der Waals surface area (Å²) < 4.78 is 32.2. The Morgan fingerprint density at radius 2 is 1.95 bits per heavy atom. The van der Waals surface area contributed by atoms with E-state index in [4.69, 9.17) is 0 Å². The van der Waals surface area contributed by atoms with Crippen molar-refractivity contribution in [3.05, 3.63) is 52.2 Å². The summed E-state index contributed by atoms with van der Waals surface area (Å²) in [4.78, 5) is 4.27. The van der Waals surface area contributed by atoms with Crippen molar-refractivity contribution in [2.45, 2.75) is 25.7 Å². The molecule has 1 aliphatic carbocycles. The number of benzene rings is 1. The molecule has 1 aliphatic heterocycles. The average Bonchev–Trinajstić information content (AvgIpc) is 2.65. The average molecular weight is 289 g/mol. The summed E-state index contributed by atoms with van der Waals surface area (Å²) in [7, 11) is -4.27. The molecule has 0 aromatic heterocycles. The van der Waals surface area contributed by atoms with Crippen LogP contribution in [0.2, 0.25) is 0 Å². The second kappa shape index (κ2) is 3.90. The number of nitrogens with zero attached hydrogens (tertiary/aromatic N) is 1. The SMILES string of the molecule is CC1=CC2=c3cccc(S(=O)(=O)O)c3=NC2=CC1(C)C. The van der Waals surface area contributed by atoms with Gasteiger partial charge in [0.1, 0.15) is 4.90 Å². The van der Waals surface area contributed by atoms with Gasteiger partial charge in [0.05, 0.1) is 11.1 Å². The smallest absolute Gasteiger partial charge is 0.282 e. The van der Waals surface area contributed by atoms with E-state index in [-0.39, 0.29) is 10.3 Å². The lowest BCUT2D eigenvalue weighted by molar-refractivity contribution is 0.482. The summed E-state index contributed by atoms with van der Waals surface area (Å²) >= 11 is 0. The minimum atomic E-state index is -4.27. The van der Waals surface area contributed by atoms with Gasteiger partial charge < -0.3 is 0 Å². The van der Waals surface area contributed by atoms with Crippen molar-refractivity contribution in [3.8, 4) is 0 Å². The lowest BCUT2D eigenvalue weighted by Gasteiger charge is -2.26. The molecule has 1 aromatic carbocycles. The van der Waals surface area contributed by atoms with E-state index in [2.05, 4.69) is 18.8 Å². The molecule has 0 atom stereocenters. The first-order valence-corrected chi connectivity index (χ1v) is 7.76. The molecule has 5 heteroatoms. The summed E-state index contributed by atoms with van der Waals surface area (Å²) in [5, 5.41) is 1.08. The lowest BCUT2D eigenvalue weighted by Crippen LogP contribution is -2.28. The van der Waals surface area contributed by atoms with Crippen molar-refractivity contribution in [2.24, 2.45) is 10.4 Å². The van der Waals surface area contributed by atoms with Crippen LogP contribution in [0.5, 0.6) is 0 Å². The van der Waals surface area contributed by atoms with Crippen molar-refractivity contribution >= 4 is 15.7 Å². The molecule has 0 fully saturated rings. The molecular formula is C15H15NO3S. The molecule has 0 bridgehead atoms. The van der Waals surface area contributed by atoms with Crippen LogP contribution in [0.4, 0.5) is 0 Å². The number of rotatable bonds is 1. The van der Waals surface area contributed by atoms with E-state index in [0.717, 1.165) is 16.5 Å². The van der Waals surface area contributed by atoms with Gasteiger partial charge in [0.2, 0.25) is 0 Å². The van der Waals surface area contributed by atoms with E-state index in [1.54, 1.807) is 6.07 Å². The third-order valence-corrected chi connectivity index (χ3v) is 4.84. The third kappa shape index (κ3) is 1.85. The Morgan fingerprint density at radius 3 is 2.60 bits per heavy atom. The topological polar surface area (TPSA) is 66.7 Å². The fourth-order valence-electron chi connectivity index (χ4n) is 2.50. The van der Waals surface area contributed by atoms with Gasteiger partial charge in [-0.2, -0.15) is 8.42 Å². The molecule has 0 unspecified atom stereocenters. The highest BCUT2D eigenvalue weighted by molar-refractivity contribution is 7.85. The van der Waals surface area contributed by atoms with Crippen molar-refractivity contribution < 1.29 is 13.0 Å². The predicted octanol–water partition coefficient (Wildman–Crippen LogP) is 1.59. The van der Waals surface area contributed by atoms with E-state index in [1.807, 2.05) is 25.1 Å². The van der Waals surface area contributed by atoms with Crippen LogP contribution in [0.15, 0.2) is 51.5 Å². The zero-order valence-corrected chi connectivity index (χ0v) is 12.3. The minimum absolute atomic E-state index is 0.109. The summed E-state index contributed by atoms with van der Waals surface area (Å²) in [5.41, 5.74) is 2.77. The van der Waals surface area contributed by atoms with Crippen LogP contribution in [0.25, 0.3) is 5.57 Å². The van der Waals surface area contributed by atoms with Gasteiger partial charge in [-0.3, -0.25) is 4.55 Å². The lowest BCUT2D eigenvalue weighted by atomic mass is 9.79. The zero-order chi connectivity index (χ0) is 14.7. The second-order valence-corrected chi connectivity index (χ2v) is 7.12. The number of hydrogen-bond acceptors (Lipinski definition) is 3. The third-order valence-electron chi connectivity index (χ3n) is 3.95. The Labute approximate surface area is 117 Å². The van der Waals surface area contributed by atoms with Crippen LogP contribution in [0.3, 0.4) is 0 Å². The highest BCUT2D eigenvalue weighted by Crippen LogP contribution is 2.37. The van der Waals surface area contributed by atoms with E-state index in [9.17, 15) is 13.0 Å². The van der Waals surface area contributed by atoms with Gasteiger partial charge in [-0.15, -0.1) is 0 Å². The first-order chi connectivity index (χ1) is 9.20. The van der Waals surface area contributed by atoms with Crippen molar-refractivity contribution in [1.82, 2.24) is 0 Å². The first kappa shape index (κ1) is 13.3. The monoisotopic (exact) mass is 289 g/mol. The Balaban J connectivity index is 2.44. The summed E-state index contributed by atoms with van der Waals surface area (Å²) in [6.45, 7) is 6.22. The first-order valence-electron chi connectivity index (χ1n) is 6.32. The van der Waals surface area contributed by atoms with Gasteiger partial charge in [-0.25, -0.2) is 4.99 Å². The molecule has 3 rings (SSSR count). The van der Waals surface area contributed by atoms with Gasteiger partial charge in [0.25, 0.3) is 10.1 Å². The Kier molecular flexibility index (Phi) is 2.59. The van der Waals surface area contributed by atoms with Crippen LogP contribution in [-0.2, 0) is 10.1 Å².